The van der Waals surface area contributed by atoms with Crippen molar-refractivity contribution < 1.29 is 18.8 Å². The van der Waals surface area contributed by atoms with Crippen molar-refractivity contribution in [3.05, 3.63) is 34.8 Å². The van der Waals surface area contributed by atoms with E-state index in [4.69, 9.17) is 9.26 Å². The Labute approximate surface area is 128 Å². The summed E-state index contributed by atoms with van der Waals surface area (Å²) in [5, 5.41) is 3.98. The maximum Gasteiger partial charge on any atom is 0.309 e. The van der Waals surface area contributed by atoms with Gasteiger partial charge in [-0.25, -0.2) is 0 Å². The van der Waals surface area contributed by atoms with Gasteiger partial charge in [0.15, 0.2) is 12.4 Å². The van der Waals surface area contributed by atoms with Crippen LogP contribution in [0.3, 0.4) is 0 Å². The molecule has 6 heteroatoms. The minimum Gasteiger partial charge on any atom is -0.457 e. The molecule has 0 aliphatic heterocycles. The Morgan fingerprint density at radius 1 is 1.32 bits per heavy atom. The van der Waals surface area contributed by atoms with Crippen molar-refractivity contribution in [2.75, 3.05) is 6.61 Å². The molecule has 0 N–H and O–H groups in total. The third-order valence-corrected chi connectivity index (χ3v) is 3.83. The van der Waals surface area contributed by atoms with Gasteiger partial charge in [0.1, 0.15) is 5.76 Å². The predicted molar refractivity (Wildman–Crippen MR) is 78.1 cm³/mol. The maximum absolute atomic E-state index is 12.3. The van der Waals surface area contributed by atoms with Gasteiger partial charge in [-0.3, -0.25) is 14.2 Å². The maximum atomic E-state index is 12.3. The third kappa shape index (κ3) is 2.68. The molecule has 1 aliphatic rings. The second kappa shape index (κ2) is 5.44. The van der Waals surface area contributed by atoms with E-state index in [0.717, 1.165) is 24.2 Å². The highest BCUT2D eigenvalue weighted by atomic mass is 16.5. The number of Topliss-reactive ketones (excluding diaryl/α,β-unsaturated/α-hetero) is 1. The first-order valence-electron chi connectivity index (χ1n) is 7.30. The Hall–Kier alpha value is -2.37. The molecular formula is C16H18N2O4. The topological polar surface area (TPSA) is 74.3 Å². The average Bonchev–Trinajstić information content (AvgIpc) is 3.18. The van der Waals surface area contributed by atoms with Gasteiger partial charge >= 0.3 is 5.97 Å². The van der Waals surface area contributed by atoms with Crippen LogP contribution in [0.5, 0.6) is 0 Å². The fraction of sp³-hybridized carbons (Fsp3) is 0.438. The first kappa shape index (κ1) is 14.6. The Morgan fingerprint density at radius 2 is 2.05 bits per heavy atom. The number of ether oxygens (including phenoxy) is 1. The number of rotatable bonds is 5. The summed E-state index contributed by atoms with van der Waals surface area (Å²) in [6.07, 6.45) is 1.74. The molecule has 0 unspecified atom stereocenters. The molecule has 0 atom stereocenters. The summed E-state index contributed by atoms with van der Waals surface area (Å²) in [5.41, 5.74) is 2.18. The highest BCUT2D eigenvalue weighted by Gasteiger charge is 2.31. The van der Waals surface area contributed by atoms with Crippen molar-refractivity contribution >= 4 is 11.8 Å². The number of ketones is 1. The number of hydrogen-bond acceptors (Lipinski definition) is 5. The van der Waals surface area contributed by atoms with Crippen LogP contribution in [-0.2, 0) is 9.53 Å². The van der Waals surface area contributed by atoms with E-state index in [9.17, 15) is 9.59 Å². The summed E-state index contributed by atoms with van der Waals surface area (Å²) >= 11 is 0. The molecule has 0 aromatic carbocycles. The van der Waals surface area contributed by atoms with Gasteiger partial charge in [-0.15, -0.1) is 0 Å². The number of aromatic nitrogens is 2. The average molecular weight is 302 g/mol. The molecule has 22 heavy (non-hydrogen) atoms. The Bertz CT molecular complexity index is 737. The number of hydrogen-bond donors (Lipinski definition) is 0. The van der Waals surface area contributed by atoms with E-state index in [1.807, 2.05) is 25.3 Å². The van der Waals surface area contributed by atoms with E-state index in [1.54, 1.807) is 12.1 Å². The highest BCUT2D eigenvalue weighted by Crippen LogP contribution is 2.30. The van der Waals surface area contributed by atoms with Gasteiger partial charge in [-0.05, 0) is 39.7 Å². The first-order chi connectivity index (χ1) is 10.5. The molecule has 116 valence electrons. The lowest BCUT2D eigenvalue weighted by atomic mass is 10.1. The van der Waals surface area contributed by atoms with Crippen LogP contribution in [0.1, 0.15) is 40.3 Å². The van der Waals surface area contributed by atoms with Gasteiger partial charge < -0.3 is 9.26 Å². The van der Waals surface area contributed by atoms with Crippen LogP contribution in [0, 0.1) is 26.7 Å². The van der Waals surface area contributed by atoms with Crippen molar-refractivity contribution in [3.8, 4) is 5.82 Å². The molecule has 2 aromatic heterocycles. The number of aryl methyl sites for hydroxylation is 2. The number of carbonyl (C=O) groups excluding carboxylic acids is 2. The van der Waals surface area contributed by atoms with Gasteiger partial charge in [0.25, 0.3) is 0 Å². The molecule has 1 saturated carbocycles. The van der Waals surface area contributed by atoms with Crippen molar-refractivity contribution in [2.24, 2.45) is 5.92 Å². The molecular weight excluding hydrogens is 284 g/mol. The molecule has 0 amide bonds. The van der Waals surface area contributed by atoms with Crippen molar-refractivity contribution in [1.29, 1.82) is 0 Å². The molecule has 0 bridgehead atoms. The SMILES string of the molecule is Cc1cc(-n2c(C)cc(C(=O)COC(=O)C3CC3)c2C)no1. The van der Waals surface area contributed by atoms with Crippen molar-refractivity contribution in [1.82, 2.24) is 9.72 Å². The van der Waals surface area contributed by atoms with Crippen LogP contribution in [0.15, 0.2) is 16.7 Å². The summed E-state index contributed by atoms with van der Waals surface area (Å²) < 4.78 is 12.0. The molecule has 6 nitrogen and oxygen atoms in total. The molecule has 2 heterocycles. The van der Waals surface area contributed by atoms with Gasteiger partial charge in [-0.2, -0.15) is 0 Å². The number of esters is 1. The van der Waals surface area contributed by atoms with Crippen molar-refractivity contribution in [3.63, 3.8) is 0 Å². The standard InChI is InChI=1S/C16H18N2O4/c1-9-6-13(14(19)8-21-16(20)12-4-5-12)11(3)18(9)15-7-10(2)22-17-15/h6-7,12H,4-5,8H2,1-3H3. The van der Waals surface area contributed by atoms with E-state index in [-0.39, 0.29) is 24.3 Å². The monoisotopic (exact) mass is 302 g/mol. The Kier molecular flexibility index (Phi) is 3.60. The highest BCUT2D eigenvalue weighted by molar-refractivity contribution is 5.99. The Balaban J connectivity index is 1.79. The minimum atomic E-state index is -0.269. The number of nitrogens with zero attached hydrogens (tertiary/aromatic N) is 2. The third-order valence-electron chi connectivity index (χ3n) is 3.83. The summed E-state index contributed by atoms with van der Waals surface area (Å²) in [6.45, 7) is 5.34. The zero-order chi connectivity index (χ0) is 15.9. The second-order valence-corrected chi connectivity index (χ2v) is 5.72. The van der Waals surface area contributed by atoms with Gasteiger partial charge in [-0.1, -0.05) is 5.16 Å². The van der Waals surface area contributed by atoms with Crippen LogP contribution >= 0.6 is 0 Å². The molecule has 0 spiro atoms. The lowest BCUT2D eigenvalue weighted by Crippen LogP contribution is -2.15. The van der Waals surface area contributed by atoms with Crippen LogP contribution in [0.4, 0.5) is 0 Å². The number of carbonyl (C=O) groups is 2. The van der Waals surface area contributed by atoms with Crippen LogP contribution in [0.2, 0.25) is 0 Å². The van der Waals surface area contributed by atoms with Crippen LogP contribution in [0.25, 0.3) is 5.82 Å². The molecule has 3 rings (SSSR count). The van der Waals surface area contributed by atoms with Crippen LogP contribution < -0.4 is 0 Å². The molecule has 1 fully saturated rings. The van der Waals surface area contributed by atoms with Gasteiger partial charge in [0.2, 0.25) is 5.78 Å². The minimum absolute atomic E-state index is 0.00154. The summed E-state index contributed by atoms with van der Waals surface area (Å²) in [5.74, 6) is 0.872. The summed E-state index contributed by atoms with van der Waals surface area (Å²) in [4.78, 5) is 23.8. The summed E-state index contributed by atoms with van der Waals surface area (Å²) in [6, 6.07) is 3.59. The van der Waals surface area contributed by atoms with Crippen molar-refractivity contribution in [2.45, 2.75) is 33.6 Å². The fourth-order valence-corrected chi connectivity index (χ4v) is 2.51. The first-order valence-corrected chi connectivity index (χ1v) is 7.30. The molecule has 0 radical (unpaired) electrons. The zero-order valence-electron chi connectivity index (χ0n) is 12.9. The Morgan fingerprint density at radius 3 is 2.64 bits per heavy atom. The molecule has 2 aromatic rings. The largest absolute Gasteiger partial charge is 0.457 e. The zero-order valence-corrected chi connectivity index (χ0v) is 12.9. The summed E-state index contributed by atoms with van der Waals surface area (Å²) in [7, 11) is 0. The van der Waals surface area contributed by atoms with Gasteiger partial charge in [0, 0.05) is 23.0 Å². The predicted octanol–water partition coefficient (Wildman–Crippen LogP) is 2.53. The second-order valence-electron chi connectivity index (χ2n) is 5.72. The molecule has 0 saturated heterocycles. The molecule has 1 aliphatic carbocycles. The van der Waals surface area contributed by atoms with Gasteiger partial charge in [0.05, 0.1) is 5.92 Å². The fourth-order valence-electron chi connectivity index (χ4n) is 2.51. The van der Waals surface area contributed by atoms with E-state index in [0.29, 0.717) is 17.1 Å². The smallest absolute Gasteiger partial charge is 0.309 e. The quantitative estimate of drug-likeness (QED) is 0.626. The normalized spacial score (nSPS) is 14.1. The van der Waals surface area contributed by atoms with E-state index in [2.05, 4.69) is 5.16 Å². The lowest BCUT2D eigenvalue weighted by Gasteiger charge is -2.05. The van der Waals surface area contributed by atoms with E-state index in [1.165, 1.54) is 0 Å². The lowest BCUT2D eigenvalue weighted by molar-refractivity contribution is -0.144. The van der Waals surface area contributed by atoms with E-state index >= 15 is 0 Å². The van der Waals surface area contributed by atoms with E-state index < -0.39 is 0 Å². The van der Waals surface area contributed by atoms with Crippen LogP contribution in [-0.4, -0.2) is 28.1 Å².